The van der Waals surface area contributed by atoms with Gasteiger partial charge in [-0.2, -0.15) is 11.8 Å². The van der Waals surface area contributed by atoms with Crippen LogP contribution in [0.3, 0.4) is 0 Å². The minimum Gasteiger partial charge on any atom is -0.314 e. The summed E-state index contributed by atoms with van der Waals surface area (Å²) in [5.41, 5.74) is 0.673. The second-order valence-corrected chi connectivity index (χ2v) is 6.23. The van der Waals surface area contributed by atoms with Gasteiger partial charge >= 0.3 is 0 Å². The fourth-order valence-corrected chi connectivity index (χ4v) is 2.91. The maximum atomic E-state index is 3.61. The predicted molar refractivity (Wildman–Crippen MR) is 67.0 cm³/mol. The van der Waals surface area contributed by atoms with E-state index in [2.05, 4.69) is 37.8 Å². The summed E-state index contributed by atoms with van der Waals surface area (Å²) in [4.78, 5) is 0. The largest absolute Gasteiger partial charge is 0.314 e. The van der Waals surface area contributed by atoms with Crippen molar-refractivity contribution >= 4 is 11.8 Å². The Labute approximate surface area is 93.4 Å². The molecule has 0 amide bonds. The molecular formula is C12H25NS. The van der Waals surface area contributed by atoms with Crippen molar-refractivity contribution in [2.75, 3.05) is 18.1 Å². The van der Waals surface area contributed by atoms with Crippen LogP contribution in [-0.4, -0.2) is 24.1 Å². The van der Waals surface area contributed by atoms with Crippen LogP contribution in [0.5, 0.6) is 0 Å². The molecule has 1 nitrogen and oxygen atoms in total. The molecule has 0 bridgehead atoms. The lowest BCUT2D eigenvalue weighted by molar-refractivity contribution is 0.122. The van der Waals surface area contributed by atoms with Gasteiger partial charge in [-0.25, -0.2) is 0 Å². The van der Waals surface area contributed by atoms with Crippen LogP contribution in [0.4, 0.5) is 0 Å². The highest BCUT2D eigenvalue weighted by atomic mass is 32.2. The minimum atomic E-state index is 0.645. The Balaban J connectivity index is 2.19. The number of thioether (sulfide) groups is 1. The fraction of sp³-hybridized carbons (Fsp3) is 1.00. The first-order valence-electron chi connectivity index (χ1n) is 6.00. The zero-order valence-corrected chi connectivity index (χ0v) is 10.8. The van der Waals surface area contributed by atoms with Gasteiger partial charge in [-0.1, -0.05) is 27.2 Å². The monoisotopic (exact) mass is 215 g/mol. The van der Waals surface area contributed by atoms with Crippen LogP contribution in [0.1, 0.15) is 46.5 Å². The van der Waals surface area contributed by atoms with Gasteiger partial charge in [0.1, 0.15) is 0 Å². The smallest absolute Gasteiger partial charge is 0.00106 e. The Morgan fingerprint density at radius 2 is 2.07 bits per heavy atom. The van der Waals surface area contributed by atoms with Crippen LogP contribution < -0.4 is 5.32 Å². The first-order valence-corrected chi connectivity index (χ1v) is 7.15. The van der Waals surface area contributed by atoms with E-state index in [1.54, 1.807) is 0 Å². The summed E-state index contributed by atoms with van der Waals surface area (Å²) in [7, 11) is 0. The highest BCUT2D eigenvalue weighted by Gasteiger charge is 2.35. The maximum Gasteiger partial charge on any atom is 0.00106 e. The molecule has 1 aliphatic rings. The molecule has 1 saturated carbocycles. The van der Waals surface area contributed by atoms with Crippen molar-refractivity contribution in [2.24, 2.45) is 5.41 Å². The second kappa shape index (κ2) is 6.02. The van der Waals surface area contributed by atoms with Gasteiger partial charge < -0.3 is 5.32 Å². The van der Waals surface area contributed by atoms with Gasteiger partial charge in [0, 0.05) is 12.6 Å². The molecule has 2 heteroatoms. The summed E-state index contributed by atoms with van der Waals surface area (Å²) >= 11 is 2.09. The van der Waals surface area contributed by atoms with Gasteiger partial charge in [-0.05, 0) is 36.2 Å². The molecule has 0 spiro atoms. The molecule has 0 radical (unpaired) electrons. The van der Waals surface area contributed by atoms with Crippen molar-refractivity contribution in [3.05, 3.63) is 0 Å². The topological polar surface area (TPSA) is 12.0 Å². The molecule has 0 aromatic heterocycles. The normalized spacial score (nSPS) is 19.7. The van der Waals surface area contributed by atoms with E-state index in [1.807, 2.05) is 0 Å². The fourth-order valence-electron chi connectivity index (χ4n) is 2.05. The van der Waals surface area contributed by atoms with Crippen LogP contribution in [0.25, 0.3) is 0 Å². The predicted octanol–water partition coefficient (Wildman–Crippen LogP) is 3.30. The average molecular weight is 215 g/mol. The summed E-state index contributed by atoms with van der Waals surface area (Å²) in [6.07, 6.45) is 5.79. The lowest BCUT2D eigenvalue weighted by Gasteiger charge is -2.43. The zero-order chi connectivity index (χ0) is 10.4. The molecular weight excluding hydrogens is 190 g/mol. The minimum absolute atomic E-state index is 0.645. The van der Waals surface area contributed by atoms with E-state index in [0.717, 1.165) is 0 Å². The van der Waals surface area contributed by atoms with Crippen LogP contribution in [0.2, 0.25) is 0 Å². The van der Waals surface area contributed by atoms with Gasteiger partial charge in [-0.3, -0.25) is 0 Å². The van der Waals surface area contributed by atoms with E-state index < -0.39 is 0 Å². The lowest BCUT2D eigenvalue weighted by Crippen LogP contribution is -2.42. The van der Waals surface area contributed by atoms with Gasteiger partial charge in [-0.15, -0.1) is 0 Å². The number of hydrogen-bond donors (Lipinski definition) is 1. The van der Waals surface area contributed by atoms with Crippen LogP contribution >= 0.6 is 11.8 Å². The average Bonchev–Trinajstić information content (AvgIpc) is 2.08. The molecule has 1 aliphatic carbocycles. The van der Waals surface area contributed by atoms with E-state index in [9.17, 15) is 0 Å². The lowest BCUT2D eigenvalue weighted by atomic mass is 9.67. The van der Waals surface area contributed by atoms with Crippen LogP contribution in [0.15, 0.2) is 0 Å². The Morgan fingerprint density at radius 3 is 2.50 bits per heavy atom. The molecule has 0 heterocycles. The van der Waals surface area contributed by atoms with Gasteiger partial charge in [0.05, 0.1) is 0 Å². The van der Waals surface area contributed by atoms with E-state index in [0.29, 0.717) is 11.5 Å². The van der Waals surface area contributed by atoms with Crippen molar-refractivity contribution in [3.63, 3.8) is 0 Å². The molecule has 1 rings (SSSR count). The van der Waals surface area contributed by atoms with E-state index in [-0.39, 0.29) is 0 Å². The summed E-state index contributed by atoms with van der Waals surface area (Å²) < 4.78 is 0. The molecule has 0 aliphatic heterocycles. The molecule has 0 saturated heterocycles. The van der Waals surface area contributed by atoms with Crippen LogP contribution in [-0.2, 0) is 0 Å². The molecule has 0 atom stereocenters. The molecule has 14 heavy (non-hydrogen) atoms. The maximum absolute atomic E-state index is 3.61. The Kier molecular flexibility index (Phi) is 5.32. The van der Waals surface area contributed by atoms with E-state index in [1.165, 1.54) is 43.7 Å². The molecule has 1 fully saturated rings. The quantitative estimate of drug-likeness (QED) is 0.654. The number of hydrogen-bond acceptors (Lipinski definition) is 2. The summed E-state index contributed by atoms with van der Waals surface area (Å²) in [5, 5.41) is 3.61. The molecule has 0 aromatic carbocycles. The summed E-state index contributed by atoms with van der Waals surface area (Å²) in [5.74, 6) is 2.63. The molecule has 1 N–H and O–H groups in total. The first kappa shape index (κ1) is 12.4. The van der Waals surface area contributed by atoms with Crippen molar-refractivity contribution in [3.8, 4) is 0 Å². The number of rotatable bonds is 7. The first-order chi connectivity index (χ1) is 6.68. The molecule has 84 valence electrons. The SMILES string of the molecule is CCSCCC1(CNC(C)C)CCC1. The second-order valence-electron chi connectivity index (χ2n) is 4.84. The van der Waals surface area contributed by atoms with Crippen LogP contribution in [0, 0.1) is 5.41 Å². The third-order valence-electron chi connectivity index (χ3n) is 3.28. The highest BCUT2D eigenvalue weighted by molar-refractivity contribution is 7.99. The van der Waals surface area contributed by atoms with E-state index in [4.69, 9.17) is 0 Å². The summed E-state index contributed by atoms with van der Waals surface area (Å²) in [6, 6.07) is 0.645. The Hall–Kier alpha value is 0.310. The van der Waals surface area contributed by atoms with Crippen molar-refractivity contribution < 1.29 is 0 Å². The Bertz CT molecular complexity index is 152. The van der Waals surface area contributed by atoms with Gasteiger partial charge in [0.15, 0.2) is 0 Å². The third kappa shape index (κ3) is 3.82. The van der Waals surface area contributed by atoms with Crippen molar-refractivity contribution in [1.82, 2.24) is 5.32 Å². The summed E-state index contributed by atoms with van der Waals surface area (Å²) in [6.45, 7) is 7.99. The zero-order valence-electron chi connectivity index (χ0n) is 9.94. The van der Waals surface area contributed by atoms with Gasteiger partial charge in [0.2, 0.25) is 0 Å². The molecule has 0 unspecified atom stereocenters. The van der Waals surface area contributed by atoms with Gasteiger partial charge in [0.25, 0.3) is 0 Å². The third-order valence-corrected chi connectivity index (χ3v) is 4.18. The van der Waals surface area contributed by atoms with Crippen molar-refractivity contribution in [1.29, 1.82) is 0 Å². The number of nitrogens with one attached hydrogen (secondary N) is 1. The highest BCUT2D eigenvalue weighted by Crippen LogP contribution is 2.44. The Morgan fingerprint density at radius 1 is 1.36 bits per heavy atom. The van der Waals surface area contributed by atoms with Crippen molar-refractivity contribution in [2.45, 2.75) is 52.5 Å². The van der Waals surface area contributed by atoms with E-state index >= 15 is 0 Å². The molecule has 0 aromatic rings. The standard InChI is InChI=1S/C12H25NS/c1-4-14-9-8-12(6-5-7-12)10-13-11(2)3/h11,13H,4-10H2,1-3H3.